The molecule has 0 unspecified atom stereocenters. The van der Waals surface area contributed by atoms with E-state index in [9.17, 15) is 23.1 Å². The SMILES string of the molecule is CCOC(=O)c1c(NC(=O)c2cc(Cl)c(O)c(Cl)c2)sc(S(=O)(=O)N(CC)CC)c1CC. The zero-order chi connectivity index (χ0) is 24.2. The number of rotatable bonds is 9. The number of aromatic hydroxyl groups is 1. The Hall–Kier alpha value is -1.85. The van der Waals surface area contributed by atoms with Gasteiger partial charge in [0.1, 0.15) is 9.21 Å². The number of nitrogens with zero attached hydrogens (tertiary/aromatic N) is 1. The molecule has 2 N–H and O–H groups in total. The van der Waals surface area contributed by atoms with Gasteiger partial charge >= 0.3 is 5.97 Å². The minimum atomic E-state index is -3.90. The molecule has 32 heavy (non-hydrogen) atoms. The third kappa shape index (κ3) is 5.20. The van der Waals surface area contributed by atoms with Crippen LogP contribution in [-0.4, -0.2) is 49.4 Å². The molecule has 2 aromatic rings. The molecule has 0 aliphatic heterocycles. The Balaban J connectivity index is 2.64. The van der Waals surface area contributed by atoms with Crippen molar-refractivity contribution in [2.24, 2.45) is 0 Å². The first-order valence-electron chi connectivity index (χ1n) is 9.85. The number of nitrogens with one attached hydrogen (secondary N) is 1. The number of sulfonamides is 1. The Bertz CT molecular complexity index is 1100. The Kier molecular flexibility index (Phi) is 8.95. The topological polar surface area (TPSA) is 113 Å². The van der Waals surface area contributed by atoms with Crippen LogP contribution in [0.25, 0.3) is 0 Å². The second kappa shape index (κ2) is 10.8. The molecular formula is C20H24Cl2N2O6S2. The Morgan fingerprint density at radius 2 is 1.69 bits per heavy atom. The van der Waals surface area contributed by atoms with Crippen LogP contribution in [0.4, 0.5) is 5.00 Å². The molecule has 0 aliphatic carbocycles. The van der Waals surface area contributed by atoms with Crippen LogP contribution >= 0.6 is 34.5 Å². The summed E-state index contributed by atoms with van der Waals surface area (Å²) in [4.78, 5) is 25.6. The van der Waals surface area contributed by atoms with E-state index < -0.39 is 21.9 Å². The molecular weight excluding hydrogens is 499 g/mol. The Morgan fingerprint density at radius 1 is 1.12 bits per heavy atom. The van der Waals surface area contributed by atoms with E-state index in [1.807, 2.05) is 0 Å². The summed E-state index contributed by atoms with van der Waals surface area (Å²) < 4.78 is 32.8. The van der Waals surface area contributed by atoms with Gasteiger partial charge in [0.25, 0.3) is 15.9 Å². The predicted molar refractivity (Wildman–Crippen MR) is 126 cm³/mol. The summed E-state index contributed by atoms with van der Waals surface area (Å²) in [6.45, 7) is 7.36. The maximum Gasteiger partial charge on any atom is 0.341 e. The van der Waals surface area contributed by atoms with Crippen LogP contribution in [0, 0.1) is 0 Å². The Labute approximate surface area is 201 Å². The molecule has 0 radical (unpaired) electrons. The number of anilines is 1. The molecule has 2 rings (SSSR count). The molecule has 0 saturated heterocycles. The standard InChI is InChI=1S/C20H24Cl2N2O6S2/c1-5-12-15(19(27)30-8-4)18(31-20(12)32(28,29)24(6-2)7-3)23-17(26)11-9-13(21)16(25)14(22)10-11/h9-10,25H,5-8H2,1-4H3,(H,23,26). The van der Waals surface area contributed by atoms with Crippen LogP contribution in [-0.2, 0) is 21.2 Å². The molecule has 1 aromatic heterocycles. The largest absolute Gasteiger partial charge is 0.505 e. The molecule has 0 bridgehead atoms. The van der Waals surface area contributed by atoms with Crippen molar-refractivity contribution in [1.82, 2.24) is 4.31 Å². The summed E-state index contributed by atoms with van der Waals surface area (Å²) in [7, 11) is -3.90. The van der Waals surface area contributed by atoms with Crippen LogP contribution in [0.3, 0.4) is 0 Å². The summed E-state index contributed by atoms with van der Waals surface area (Å²) in [5, 5.41) is 12.1. The normalized spacial score (nSPS) is 11.6. The number of hydrogen-bond acceptors (Lipinski definition) is 7. The summed E-state index contributed by atoms with van der Waals surface area (Å²) in [5.41, 5.74) is 0.291. The smallest absolute Gasteiger partial charge is 0.341 e. The fourth-order valence-electron chi connectivity index (χ4n) is 3.03. The van der Waals surface area contributed by atoms with Crippen molar-refractivity contribution in [2.45, 2.75) is 38.3 Å². The molecule has 1 heterocycles. The average molecular weight is 523 g/mol. The maximum absolute atomic E-state index is 13.2. The molecule has 8 nitrogen and oxygen atoms in total. The summed E-state index contributed by atoms with van der Waals surface area (Å²) >= 11 is 12.6. The lowest BCUT2D eigenvalue weighted by molar-refractivity contribution is 0.0526. The maximum atomic E-state index is 13.2. The van der Waals surface area contributed by atoms with Gasteiger partial charge < -0.3 is 15.2 Å². The van der Waals surface area contributed by atoms with Crippen LogP contribution in [0.5, 0.6) is 5.75 Å². The highest BCUT2D eigenvalue weighted by molar-refractivity contribution is 7.91. The number of amides is 1. The molecule has 0 aliphatic rings. The van der Waals surface area contributed by atoms with E-state index in [0.717, 1.165) is 11.3 Å². The summed E-state index contributed by atoms with van der Waals surface area (Å²) in [6, 6.07) is 2.42. The van der Waals surface area contributed by atoms with Gasteiger partial charge in [-0.2, -0.15) is 4.31 Å². The van der Waals surface area contributed by atoms with Gasteiger partial charge in [0.15, 0.2) is 5.75 Å². The quantitative estimate of drug-likeness (QED) is 0.458. The second-order valence-electron chi connectivity index (χ2n) is 6.48. The highest BCUT2D eigenvalue weighted by Gasteiger charge is 2.33. The molecule has 0 atom stereocenters. The molecule has 176 valence electrons. The average Bonchev–Trinajstić information content (AvgIpc) is 3.11. The second-order valence-corrected chi connectivity index (χ2v) is 10.4. The number of carbonyl (C=O) groups is 2. The number of ether oxygens (including phenoxy) is 1. The van der Waals surface area contributed by atoms with Crippen molar-refractivity contribution in [2.75, 3.05) is 25.0 Å². The van der Waals surface area contributed by atoms with Gasteiger partial charge in [-0.1, -0.05) is 44.0 Å². The minimum Gasteiger partial charge on any atom is -0.505 e. The molecule has 0 spiro atoms. The number of phenols is 1. The first-order valence-corrected chi connectivity index (χ1v) is 12.9. The van der Waals surface area contributed by atoms with E-state index in [4.69, 9.17) is 27.9 Å². The fourth-order valence-corrected chi connectivity index (χ4v) is 6.99. The monoisotopic (exact) mass is 522 g/mol. The zero-order valence-corrected chi connectivity index (χ0v) is 21.1. The van der Waals surface area contributed by atoms with Gasteiger partial charge in [-0.15, -0.1) is 11.3 Å². The van der Waals surface area contributed by atoms with E-state index in [1.54, 1.807) is 27.7 Å². The predicted octanol–water partition coefficient (Wildman–Crippen LogP) is 4.78. The van der Waals surface area contributed by atoms with E-state index >= 15 is 0 Å². The van der Waals surface area contributed by atoms with E-state index in [1.165, 1.54) is 16.4 Å². The van der Waals surface area contributed by atoms with Crippen molar-refractivity contribution >= 4 is 61.4 Å². The van der Waals surface area contributed by atoms with Crippen molar-refractivity contribution in [1.29, 1.82) is 0 Å². The first-order chi connectivity index (χ1) is 15.0. The van der Waals surface area contributed by atoms with E-state index in [-0.39, 0.29) is 67.8 Å². The lowest BCUT2D eigenvalue weighted by Crippen LogP contribution is -2.30. The van der Waals surface area contributed by atoms with Crippen LogP contribution in [0.1, 0.15) is 54.0 Å². The number of halogens is 2. The van der Waals surface area contributed by atoms with Crippen LogP contribution in [0.2, 0.25) is 10.0 Å². The number of esters is 1. The van der Waals surface area contributed by atoms with Crippen molar-refractivity contribution in [3.63, 3.8) is 0 Å². The number of thiophene rings is 1. The van der Waals surface area contributed by atoms with E-state index in [0.29, 0.717) is 0 Å². The summed E-state index contributed by atoms with van der Waals surface area (Å²) in [5.74, 6) is -1.79. The van der Waals surface area contributed by atoms with Gasteiger partial charge in [0.05, 0.1) is 22.2 Å². The number of carbonyl (C=O) groups excluding carboxylic acids is 2. The minimum absolute atomic E-state index is 0.00518. The third-order valence-electron chi connectivity index (χ3n) is 4.59. The van der Waals surface area contributed by atoms with Crippen molar-refractivity contribution < 1.29 is 27.9 Å². The third-order valence-corrected chi connectivity index (χ3v) is 8.90. The van der Waals surface area contributed by atoms with E-state index in [2.05, 4.69) is 5.32 Å². The highest BCUT2D eigenvalue weighted by Crippen LogP contribution is 2.40. The lowest BCUT2D eigenvalue weighted by atomic mass is 10.1. The number of hydrogen-bond donors (Lipinski definition) is 2. The number of benzene rings is 1. The van der Waals surface area contributed by atoms with Gasteiger partial charge in [0.2, 0.25) is 0 Å². The van der Waals surface area contributed by atoms with Gasteiger partial charge in [-0.05, 0) is 31.0 Å². The first kappa shape index (κ1) is 26.4. The van der Waals surface area contributed by atoms with Gasteiger partial charge in [-0.3, -0.25) is 4.79 Å². The van der Waals surface area contributed by atoms with Gasteiger partial charge in [0, 0.05) is 18.7 Å². The van der Waals surface area contributed by atoms with Crippen LogP contribution in [0.15, 0.2) is 16.3 Å². The molecule has 1 amide bonds. The van der Waals surface area contributed by atoms with Crippen molar-refractivity contribution in [3.8, 4) is 5.75 Å². The highest BCUT2D eigenvalue weighted by atomic mass is 35.5. The Morgan fingerprint density at radius 3 is 2.16 bits per heavy atom. The van der Waals surface area contributed by atoms with Crippen molar-refractivity contribution in [3.05, 3.63) is 38.9 Å². The lowest BCUT2D eigenvalue weighted by Gasteiger charge is -2.18. The number of phenolic OH excluding ortho intramolecular Hbond substituents is 1. The molecule has 1 aromatic carbocycles. The summed E-state index contributed by atoms with van der Waals surface area (Å²) in [6.07, 6.45) is 0.229. The van der Waals surface area contributed by atoms with Crippen LogP contribution < -0.4 is 5.32 Å². The fraction of sp³-hybridized carbons (Fsp3) is 0.400. The molecule has 12 heteroatoms. The van der Waals surface area contributed by atoms with Gasteiger partial charge in [-0.25, -0.2) is 13.2 Å². The molecule has 0 saturated carbocycles. The molecule has 0 fully saturated rings. The zero-order valence-electron chi connectivity index (χ0n) is 18.0.